The molecule has 1 fully saturated rings. The summed E-state index contributed by atoms with van der Waals surface area (Å²) in [5, 5.41) is 2.56. The summed E-state index contributed by atoms with van der Waals surface area (Å²) < 4.78 is 13.8. The summed E-state index contributed by atoms with van der Waals surface area (Å²) in [7, 11) is 0. The quantitative estimate of drug-likeness (QED) is 0.809. The Labute approximate surface area is 156 Å². The molecule has 0 aliphatic carbocycles. The van der Waals surface area contributed by atoms with E-state index in [-0.39, 0.29) is 11.7 Å². The molecule has 1 saturated heterocycles. The van der Waals surface area contributed by atoms with Gasteiger partial charge < -0.3 is 4.90 Å². The van der Waals surface area contributed by atoms with Crippen LogP contribution >= 0.6 is 22.9 Å². The molecule has 0 atom stereocenters. The fourth-order valence-corrected chi connectivity index (χ4v) is 4.78. The molecule has 0 saturated carbocycles. The van der Waals surface area contributed by atoms with E-state index in [1.165, 1.54) is 16.5 Å². The Morgan fingerprint density at radius 2 is 2.16 bits per heavy atom. The maximum atomic E-state index is 13.8. The molecule has 3 heterocycles. The Morgan fingerprint density at radius 3 is 2.96 bits per heavy atom. The Kier molecular flexibility index (Phi) is 4.80. The first-order valence-corrected chi connectivity index (χ1v) is 9.87. The summed E-state index contributed by atoms with van der Waals surface area (Å²) in [5.41, 5.74) is 1.88. The number of likely N-dealkylation sites (tertiary alicyclic amines) is 1. The monoisotopic (exact) mass is 378 g/mol. The summed E-state index contributed by atoms with van der Waals surface area (Å²) in [4.78, 5) is 18.2. The van der Waals surface area contributed by atoms with Crippen molar-refractivity contribution in [2.75, 3.05) is 19.6 Å². The van der Waals surface area contributed by atoms with Crippen molar-refractivity contribution < 1.29 is 9.18 Å². The number of hydrogen-bond acceptors (Lipinski definition) is 3. The van der Waals surface area contributed by atoms with Crippen LogP contribution < -0.4 is 0 Å². The van der Waals surface area contributed by atoms with Crippen LogP contribution in [0.5, 0.6) is 0 Å². The molecule has 6 heteroatoms. The average Bonchev–Trinajstić information content (AvgIpc) is 3.01. The third-order valence-electron chi connectivity index (χ3n) is 5.22. The summed E-state index contributed by atoms with van der Waals surface area (Å²) in [5.74, 6) is -0.245. The molecule has 4 rings (SSSR count). The molecule has 3 nitrogen and oxygen atoms in total. The molecular weight excluding hydrogens is 359 g/mol. The van der Waals surface area contributed by atoms with Gasteiger partial charge in [-0.25, -0.2) is 4.39 Å². The smallest absolute Gasteiger partial charge is 0.223 e. The second-order valence-corrected chi connectivity index (χ2v) is 8.15. The van der Waals surface area contributed by atoms with Gasteiger partial charge in [0, 0.05) is 54.1 Å². The van der Waals surface area contributed by atoms with E-state index in [1.54, 1.807) is 12.1 Å². The second kappa shape index (κ2) is 7.06. The number of rotatable bonds is 4. The standard InChI is InChI=1S/C19H20ClFN2OS/c20-16-2-1-3-17(21)15(16)4-5-19(24)23-11-14(12-23)22-8-6-18-13(10-22)7-9-25-18/h1-3,7,9,14H,4-6,8,10-12H2. The SMILES string of the molecule is O=C(CCc1c(F)cccc1Cl)N1CC(N2CCc3sccc3C2)C1. The molecule has 1 amide bonds. The lowest BCUT2D eigenvalue weighted by Crippen LogP contribution is -2.61. The number of thiophene rings is 1. The minimum absolute atomic E-state index is 0.0869. The van der Waals surface area contributed by atoms with Gasteiger partial charge in [0.05, 0.1) is 0 Å². The summed E-state index contributed by atoms with van der Waals surface area (Å²) in [6.45, 7) is 3.63. The zero-order valence-corrected chi connectivity index (χ0v) is 15.5. The van der Waals surface area contributed by atoms with Crippen molar-refractivity contribution in [3.8, 4) is 0 Å². The van der Waals surface area contributed by atoms with Gasteiger partial charge in [0.15, 0.2) is 0 Å². The van der Waals surface area contributed by atoms with Gasteiger partial charge in [-0.15, -0.1) is 11.3 Å². The van der Waals surface area contributed by atoms with Gasteiger partial charge in [-0.1, -0.05) is 17.7 Å². The first-order valence-electron chi connectivity index (χ1n) is 8.62. The highest BCUT2D eigenvalue weighted by molar-refractivity contribution is 7.10. The third kappa shape index (κ3) is 3.46. The zero-order chi connectivity index (χ0) is 17.4. The Balaban J connectivity index is 1.27. The molecule has 0 N–H and O–H groups in total. The lowest BCUT2D eigenvalue weighted by Gasteiger charge is -2.46. The van der Waals surface area contributed by atoms with Gasteiger partial charge in [-0.05, 0) is 42.0 Å². The average molecular weight is 379 g/mol. The number of halogens is 2. The molecular formula is C19H20ClFN2OS. The van der Waals surface area contributed by atoms with Gasteiger partial charge in [-0.3, -0.25) is 9.69 Å². The van der Waals surface area contributed by atoms with E-state index in [0.29, 0.717) is 29.5 Å². The van der Waals surface area contributed by atoms with E-state index in [4.69, 9.17) is 11.6 Å². The molecule has 1 aromatic carbocycles. The maximum absolute atomic E-state index is 13.8. The van der Waals surface area contributed by atoms with Gasteiger partial charge in [0.25, 0.3) is 0 Å². The third-order valence-corrected chi connectivity index (χ3v) is 6.60. The van der Waals surface area contributed by atoms with Crippen LogP contribution in [0.3, 0.4) is 0 Å². The molecule has 2 aliphatic heterocycles. The van der Waals surface area contributed by atoms with E-state index >= 15 is 0 Å². The van der Waals surface area contributed by atoms with Gasteiger partial charge in [0.1, 0.15) is 5.82 Å². The number of carbonyl (C=O) groups excluding carboxylic acids is 1. The van der Waals surface area contributed by atoms with Crippen LogP contribution in [-0.4, -0.2) is 41.4 Å². The van der Waals surface area contributed by atoms with E-state index in [0.717, 1.165) is 32.6 Å². The molecule has 0 spiro atoms. The number of amides is 1. The van der Waals surface area contributed by atoms with Crippen molar-refractivity contribution in [1.29, 1.82) is 0 Å². The largest absolute Gasteiger partial charge is 0.339 e. The minimum Gasteiger partial charge on any atom is -0.339 e. The van der Waals surface area contributed by atoms with Crippen LogP contribution in [0.4, 0.5) is 4.39 Å². The Bertz CT molecular complexity index is 767. The van der Waals surface area contributed by atoms with Crippen molar-refractivity contribution >= 4 is 28.8 Å². The number of nitrogens with zero attached hydrogens (tertiary/aromatic N) is 2. The van der Waals surface area contributed by atoms with E-state index in [1.807, 2.05) is 16.2 Å². The van der Waals surface area contributed by atoms with Gasteiger partial charge in [0.2, 0.25) is 5.91 Å². The lowest BCUT2D eigenvalue weighted by molar-refractivity contribution is -0.138. The fraction of sp³-hybridized carbons (Fsp3) is 0.421. The van der Waals surface area contributed by atoms with E-state index in [2.05, 4.69) is 16.3 Å². The molecule has 0 unspecified atom stereocenters. The Hall–Kier alpha value is -1.43. The lowest BCUT2D eigenvalue weighted by atomic mass is 10.0. The van der Waals surface area contributed by atoms with E-state index in [9.17, 15) is 9.18 Å². The summed E-state index contributed by atoms with van der Waals surface area (Å²) >= 11 is 7.87. The molecule has 2 aliphatic rings. The topological polar surface area (TPSA) is 23.6 Å². The second-order valence-electron chi connectivity index (χ2n) is 6.74. The van der Waals surface area contributed by atoms with Crippen molar-refractivity contribution in [2.24, 2.45) is 0 Å². The highest BCUT2D eigenvalue weighted by Gasteiger charge is 2.35. The van der Waals surface area contributed by atoms with Crippen molar-refractivity contribution in [3.63, 3.8) is 0 Å². The maximum Gasteiger partial charge on any atom is 0.223 e. The first-order chi connectivity index (χ1) is 12.1. The highest BCUT2D eigenvalue weighted by atomic mass is 35.5. The van der Waals surface area contributed by atoms with Crippen LogP contribution in [0.2, 0.25) is 5.02 Å². The van der Waals surface area contributed by atoms with Gasteiger partial charge >= 0.3 is 0 Å². The zero-order valence-electron chi connectivity index (χ0n) is 13.9. The Morgan fingerprint density at radius 1 is 1.32 bits per heavy atom. The fourth-order valence-electron chi connectivity index (χ4n) is 3.63. The predicted octanol–water partition coefficient (Wildman–Crippen LogP) is 3.74. The van der Waals surface area contributed by atoms with Crippen LogP contribution in [-0.2, 0) is 24.2 Å². The normalized spacial score (nSPS) is 18.1. The molecule has 0 bridgehead atoms. The highest BCUT2D eigenvalue weighted by Crippen LogP contribution is 2.28. The van der Waals surface area contributed by atoms with Gasteiger partial charge in [-0.2, -0.15) is 0 Å². The molecule has 1 aromatic heterocycles. The minimum atomic E-state index is -0.332. The molecule has 0 radical (unpaired) electrons. The van der Waals surface area contributed by atoms with E-state index < -0.39 is 0 Å². The van der Waals surface area contributed by atoms with Crippen molar-refractivity contribution in [2.45, 2.75) is 31.8 Å². The molecule has 25 heavy (non-hydrogen) atoms. The van der Waals surface area contributed by atoms with Crippen LogP contribution in [0, 0.1) is 5.82 Å². The number of hydrogen-bond donors (Lipinski definition) is 0. The number of fused-ring (bicyclic) bond motifs is 1. The molecule has 132 valence electrons. The van der Waals surface area contributed by atoms with Crippen LogP contribution in [0.15, 0.2) is 29.6 Å². The van der Waals surface area contributed by atoms with Crippen LogP contribution in [0.25, 0.3) is 0 Å². The number of carbonyl (C=O) groups is 1. The van der Waals surface area contributed by atoms with Crippen molar-refractivity contribution in [1.82, 2.24) is 9.80 Å². The predicted molar refractivity (Wildman–Crippen MR) is 98.5 cm³/mol. The summed E-state index contributed by atoms with van der Waals surface area (Å²) in [6.07, 6.45) is 1.78. The van der Waals surface area contributed by atoms with Crippen LogP contribution in [0.1, 0.15) is 22.4 Å². The van der Waals surface area contributed by atoms with Crippen molar-refractivity contribution in [3.05, 3.63) is 56.5 Å². The first kappa shape index (κ1) is 17.0. The number of benzene rings is 1. The summed E-state index contributed by atoms with van der Waals surface area (Å²) in [6, 6.07) is 7.31. The molecule has 2 aromatic rings.